The fourth-order valence-electron chi connectivity index (χ4n) is 4.68. The van der Waals surface area contributed by atoms with Gasteiger partial charge < -0.3 is 4.90 Å². The minimum atomic E-state index is 0.106. The zero-order valence-corrected chi connectivity index (χ0v) is 16.6. The number of hydrogen-bond donors (Lipinski definition) is 0. The van der Waals surface area contributed by atoms with Crippen LogP contribution in [0.2, 0.25) is 0 Å². The zero-order chi connectivity index (χ0) is 18.9. The molecule has 5 nitrogen and oxygen atoms in total. The highest BCUT2D eigenvalue weighted by Crippen LogP contribution is 2.36. The van der Waals surface area contributed by atoms with Crippen LogP contribution in [0, 0.1) is 5.92 Å². The summed E-state index contributed by atoms with van der Waals surface area (Å²) in [4.78, 5) is 20.0. The Hall–Kier alpha value is -2.47. The normalized spacial score (nSPS) is 22.1. The van der Waals surface area contributed by atoms with Gasteiger partial charge in [0.05, 0.1) is 11.9 Å². The molecule has 2 aliphatic rings. The summed E-state index contributed by atoms with van der Waals surface area (Å²) in [6.45, 7) is 0.874. The minimum Gasteiger partial charge on any atom is -0.334 e. The van der Waals surface area contributed by atoms with Crippen LogP contribution in [0.1, 0.15) is 49.0 Å². The third kappa shape index (κ3) is 3.26. The first kappa shape index (κ1) is 17.6. The highest BCUT2D eigenvalue weighted by Gasteiger charge is 2.36. The van der Waals surface area contributed by atoms with Crippen molar-refractivity contribution in [1.29, 1.82) is 0 Å². The molecular weight excluding hydrogens is 368 g/mol. The molecule has 6 heteroatoms. The SMILES string of the molecule is O=C(c1csc(-c2cnn(-c3ccccc3)c2)n1)N1CCCC2CCCCC21. The van der Waals surface area contributed by atoms with E-state index in [0.29, 0.717) is 17.7 Å². The highest BCUT2D eigenvalue weighted by atomic mass is 32.1. The second-order valence-corrected chi connectivity index (χ2v) is 8.66. The van der Waals surface area contributed by atoms with Crippen LogP contribution >= 0.6 is 11.3 Å². The molecule has 3 heterocycles. The van der Waals surface area contributed by atoms with Gasteiger partial charge in [0.1, 0.15) is 10.7 Å². The molecule has 1 aromatic carbocycles. The first-order valence-electron chi connectivity index (χ1n) is 10.2. The van der Waals surface area contributed by atoms with Crippen LogP contribution in [-0.2, 0) is 0 Å². The molecule has 144 valence electrons. The smallest absolute Gasteiger partial charge is 0.273 e. The lowest BCUT2D eigenvalue weighted by Gasteiger charge is -2.43. The number of nitrogens with zero attached hydrogens (tertiary/aromatic N) is 4. The Bertz CT molecular complexity index is 962. The lowest BCUT2D eigenvalue weighted by atomic mass is 9.78. The van der Waals surface area contributed by atoms with E-state index in [0.717, 1.165) is 35.6 Å². The van der Waals surface area contributed by atoms with Crippen molar-refractivity contribution >= 4 is 17.2 Å². The molecule has 2 aromatic heterocycles. The number of para-hydroxylation sites is 1. The van der Waals surface area contributed by atoms with E-state index in [1.807, 2.05) is 52.8 Å². The van der Waals surface area contributed by atoms with Crippen molar-refractivity contribution in [2.45, 2.75) is 44.6 Å². The van der Waals surface area contributed by atoms with E-state index in [1.165, 1.54) is 37.0 Å². The summed E-state index contributed by atoms with van der Waals surface area (Å²) < 4.78 is 1.84. The summed E-state index contributed by atoms with van der Waals surface area (Å²) in [5.41, 5.74) is 2.54. The molecule has 1 saturated carbocycles. The maximum absolute atomic E-state index is 13.2. The van der Waals surface area contributed by atoms with Gasteiger partial charge in [0.25, 0.3) is 5.91 Å². The van der Waals surface area contributed by atoms with E-state index in [1.54, 1.807) is 0 Å². The van der Waals surface area contributed by atoms with Crippen LogP contribution in [0.25, 0.3) is 16.3 Å². The van der Waals surface area contributed by atoms with E-state index in [9.17, 15) is 4.79 Å². The van der Waals surface area contributed by atoms with Crippen LogP contribution in [0.4, 0.5) is 0 Å². The van der Waals surface area contributed by atoms with Crippen LogP contribution < -0.4 is 0 Å². The maximum Gasteiger partial charge on any atom is 0.273 e. The van der Waals surface area contributed by atoms with E-state index in [2.05, 4.69) is 15.0 Å². The van der Waals surface area contributed by atoms with Gasteiger partial charge in [-0.2, -0.15) is 5.10 Å². The molecule has 2 atom stereocenters. The summed E-state index contributed by atoms with van der Waals surface area (Å²) in [5, 5.41) is 7.21. The van der Waals surface area contributed by atoms with Crippen molar-refractivity contribution in [3.63, 3.8) is 0 Å². The number of benzene rings is 1. The first-order valence-corrected chi connectivity index (χ1v) is 11.0. The molecule has 28 heavy (non-hydrogen) atoms. The minimum absolute atomic E-state index is 0.106. The molecule has 0 bridgehead atoms. The van der Waals surface area contributed by atoms with Crippen molar-refractivity contribution in [1.82, 2.24) is 19.7 Å². The van der Waals surface area contributed by atoms with Gasteiger partial charge in [-0.3, -0.25) is 4.79 Å². The number of piperidine rings is 1. The van der Waals surface area contributed by atoms with Gasteiger partial charge in [-0.1, -0.05) is 31.0 Å². The lowest BCUT2D eigenvalue weighted by Crippen LogP contribution is -2.49. The number of amides is 1. The molecule has 3 aromatic rings. The molecule has 1 aliphatic carbocycles. The molecule has 0 spiro atoms. The molecule has 2 unspecified atom stereocenters. The Morgan fingerprint density at radius 2 is 1.89 bits per heavy atom. The predicted molar refractivity (Wildman–Crippen MR) is 111 cm³/mol. The standard InChI is InChI=1S/C22H24N4OS/c27-22(25-12-6-8-16-7-4-5-11-20(16)25)19-15-28-21(24-19)17-13-23-26(14-17)18-9-2-1-3-10-18/h1-3,9-10,13-16,20H,4-8,11-12H2. The van der Waals surface area contributed by atoms with Gasteiger partial charge in [0.2, 0.25) is 0 Å². The zero-order valence-electron chi connectivity index (χ0n) is 15.8. The molecule has 1 amide bonds. The molecule has 0 N–H and O–H groups in total. The van der Waals surface area contributed by atoms with E-state index >= 15 is 0 Å². The summed E-state index contributed by atoms with van der Waals surface area (Å²) in [6, 6.07) is 10.4. The van der Waals surface area contributed by atoms with Gasteiger partial charge in [0, 0.05) is 29.7 Å². The van der Waals surface area contributed by atoms with Crippen molar-refractivity contribution in [2.75, 3.05) is 6.54 Å². The molecule has 2 fully saturated rings. The number of aromatic nitrogens is 3. The Morgan fingerprint density at radius 1 is 1.07 bits per heavy atom. The van der Waals surface area contributed by atoms with Gasteiger partial charge in [-0.25, -0.2) is 9.67 Å². The van der Waals surface area contributed by atoms with Gasteiger partial charge >= 0.3 is 0 Å². The first-order chi connectivity index (χ1) is 13.8. The second-order valence-electron chi connectivity index (χ2n) is 7.80. The van der Waals surface area contributed by atoms with Gasteiger partial charge in [-0.15, -0.1) is 11.3 Å². The number of likely N-dealkylation sites (tertiary alicyclic amines) is 1. The number of thiazole rings is 1. The third-order valence-corrected chi connectivity index (χ3v) is 6.97. The Morgan fingerprint density at radius 3 is 2.79 bits per heavy atom. The Kier molecular flexibility index (Phi) is 4.72. The summed E-state index contributed by atoms with van der Waals surface area (Å²) in [6.07, 6.45) is 11.2. The molecular formula is C22H24N4OS. The maximum atomic E-state index is 13.2. The van der Waals surface area contributed by atoms with Crippen LogP contribution in [0.5, 0.6) is 0 Å². The fourth-order valence-corrected chi connectivity index (χ4v) is 5.45. The number of rotatable bonds is 3. The van der Waals surface area contributed by atoms with Gasteiger partial charge in [0.15, 0.2) is 0 Å². The van der Waals surface area contributed by atoms with Crippen molar-refractivity contribution in [2.24, 2.45) is 5.92 Å². The largest absolute Gasteiger partial charge is 0.334 e. The number of fused-ring (bicyclic) bond motifs is 1. The topological polar surface area (TPSA) is 51.0 Å². The molecule has 1 saturated heterocycles. The second kappa shape index (κ2) is 7.51. The van der Waals surface area contributed by atoms with E-state index in [-0.39, 0.29) is 5.91 Å². The van der Waals surface area contributed by atoms with Gasteiger partial charge in [-0.05, 0) is 43.7 Å². The average Bonchev–Trinajstić information content (AvgIpc) is 3.43. The lowest BCUT2D eigenvalue weighted by molar-refractivity contribution is 0.0386. The summed E-state index contributed by atoms with van der Waals surface area (Å²) in [5.74, 6) is 0.795. The van der Waals surface area contributed by atoms with E-state index in [4.69, 9.17) is 0 Å². The van der Waals surface area contributed by atoms with Crippen LogP contribution in [0.15, 0.2) is 48.1 Å². The van der Waals surface area contributed by atoms with E-state index < -0.39 is 0 Å². The fraction of sp³-hybridized carbons (Fsp3) is 0.409. The predicted octanol–water partition coefficient (Wildman–Crippen LogP) is 4.79. The molecule has 0 radical (unpaired) electrons. The Labute approximate surface area is 169 Å². The highest BCUT2D eigenvalue weighted by molar-refractivity contribution is 7.13. The average molecular weight is 393 g/mol. The van der Waals surface area contributed by atoms with Crippen molar-refractivity contribution in [3.8, 4) is 16.3 Å². The number of carbonyl (C=O) groups excluding carboxylic acids is 1. The van der Waals surface area contributed by atoms with Crippen LogP contribution in [0.3, 0.4) is 0 Å². The quantitative estimate of drug-likeness (QED) is 0.644. The monoisotopic (exact) mass is 392 g/mol. The van der Waals surface area contributed by atoms with Crippen LogP contribution in [-0.4, -0.2) is 38.2 Å². The number of hydrogen-bond acceptors (Lipinski definition) is 4. The Balaban J connectivity index is 1.36. The number of carbonyl (C=O) groups is 1. The summed E-state index contributed by atoms with van der Waals surface area (Å²) in [7, 11) is 0. The van der Waals surface area contributed by atoms with Crippen molar-refractivity contribution in [3.05, 3.63) is 53.8 Å². The summed E-state index contributed by atoms with van der Waals surface area (Å²) >= 11 is 1.52. The third-order valence-electron chi connectivity index (χ3n) is 6.08. The van der Waals surface area contributed by atoms with Crippen molar-refractivity contribution < 1.29 is 4.79 Å². The molecule has 5 rings (SSSR count). The molecule has 1 aliphatic heterocycles.